The number of rotatable bonds is 7. The predicted molar refractivity (Wildman–Crippen MR) is 116 cm³/mol. The molecular weight excluding hydrogens is 410 g/mol. The number of ether oxygens (including phenoxy) is 2. The SMILES string of the molecule is CCOc1cc(/C=C2\SC(Nc3cc(Cl)ccc3C)NC2=O)ccc1OCC#N. The van der Waals surface area contributed by atoms with Gasteiger partial charge in [0.25, 0.3) is 5.91 Å². The van der Waals surface area contributed by atoms with Crippen LogP contribution >= 0.6 is 23.4 Å². The Kier molecular flexibility index (Phi) is 6.91. The molecule has 8 heteroatoms. The normalized spacial score (nSPS) is 17.0. The molecule has 0 saturated carbocycles. The minimum Gasteiger partial charge on any atom is -0.490 e. The van der Waals surface area contributed by atoms with E-state index in [2.05, 4.69) is 10.6 Å². The van der Waals surface area contributed by atoms with Crippen LogP contribution in [0.2, 0.25) is 5.02 Å². The summed E-state index contributed by atoms with van der Waals surface area (Å²) in [6.45, 7) is 4.24. The lowest BCUT2D eigenvalue weighted by atomic mass is 10.2. The molecule has 6 nitrogen and oxygen atoms in total. The lowest BCUT2D eigenvalue weighted by molar-refractivity contribution is -0.116. The quantitative estimate of drug-likeness (QED) is 0.628. The third kappa shape index (κ3) is 5.37. The number of anilines is 1. The van der Waals surface area contributed by atoms with E-state index < -0.39 is 0 Å². The van der Waals surface area contributed by atoms with Gasteiger partial charge in [-0.15, -0.1) is 0 Å². The predicted octanol–water partition coefficient (Wildman–Crippen LogP) is 4.55. The fraction of sp³-hybridized carbons (Fsp3) is 0.238. The summed E-state index contributed by atoms with van der Waals surface area (Å²) in [6.07, 6.45) is 1.79. The molecule has 3 rings (SSSR count). The van der Waals surface area contributed by atoms with Crippen molar-refractivity contribution >= 4 is 41.0 Å². The number of carbonyl (C=O) groups is 1. The van der Waals surface area contributed by atoms with Gasteiger partial charge in [0.15, 0.2) is 23.6 Å². The zero-order chi connectivity index (χ0) is 20.8. The molecule has 0 aliphatic carbocycles. The summed E-state index contributed by atoms with van der Waals surface area (Å²) in [5.41, 5.74) is 2.41. The van der Waals surface area contributed by atoms with Crippen molar-refractivity contribution in [1.82, 2.24) is 5.32 Å². The van der Waals surface area contributed by atoms with Crippen molar-refractivity contribution in [2.75, 3.05) is 18.5 Å². The number of aryl methyl sites for hydroxylation is 1. The van der Waals surface area contributed by atoms with Gasteiger partial charge in [0, 0.05) is 10.7 Å². The van der Waals surface area contributed by atoms with Crippen LogP contribution < -0.4 is 20.1 Å². The summed E-state index contributed by atoms with van der Waals surface area (Å²) >= 11 is 7.46. The van der Waals surface area contributed by atoms with Gasteiger partial charge in [-0.3, -0.25) is 4.79 Å². The maximum Gasteiger partial charge on any atom is 0.260 e. The first-order valence-corrected chi connectivity index (χ1v) is 10.2. The fourth-order valence-corrected chi connectivity index (χ4v) is 3.87. The molecule has 2 N–H and O–H groups in total. The molecule has 1 atom stereocenters. The number of benzene rings is 2. The Balaban J connectivity index is 1.76. The molecule has 150 valence electrons. The molecule has 0 spiro atoms. The van der Waals surface area contributed by atoms with E-state index in [1.165, 1.54) is 11.8 Å². The first-order valence-electron chi connectivity index (χ1n) is 8.98. The molecule has 1 saturated heterocycles. The van der Waals surface area contributed by atoms with Crippen molar-refractivity contribution < 1.29 is 14.3 Å². The number of hydrogen-bond acceptors (Lipinski definition) is 6. The van der Waals surface area contributed by atoms with Gasteiger partial charge in [0.05, 0.1) is 11.5 Å². The highest BCUT2D eigenvalue weighted by Crippen LogP contribution is 2.34. The summed E-state index contributed by atoms with van der Waals surface area (Å²) in [6, 6.07) is 12.9. The third-order valence-electron chi connectivity index (χ3n) is 4.07. The van der Waals surface area contributed by atoms with Crippen LogP contribution in [-0.2, 0) is 4.79 Å². The van der Waals surface area contributed by atoms with Gasteiger partial charge < -0.3 is 20.1 Å². The van der Waals surface area contributed by atoms with E-state index >= 15 is 0 Å². The van der Waals surface area contributed by atoms with Gasteiger partial charge in [0.1, 0.15) is 6.07 Å². The highest BCUT2D eigenvalue weighted by molar-refractivity contribution is 8.05. The number of thioether (sulfide) groups is 1. The van der Waals surface area contributed by atoms with Crippen molar-refractivity contribution in [2.45, 2.75) is 19.3 Å². The van der Waals surface area contributed by atoms with E-state index in [-0.39, 0.29) is 18.0 Å². The summed E-state index contributed by atoms with van der Waals surface area (Å²) in [5, 5.41) is 15.5. The van der Waals surface area contributed by atoms with Crippen LogP contribution in [0.25, 0.3) is 6.08 Å². The molecule has 1 aliphatic rings. The van der Waals surface area contributed by atoms with Gasteiger partial charge in [-0.2, -0.15) is 5.26 Å². The number of nitriles is 1. The molecule has 0 bridgehead atoms. The number of carbonyl (C=O) groups excluding carboxylic acids is 1. The molecule has 1 amide bonds. The molecule has 2 aromatic carbocycles. The van der Waals surface area contributed by atoms with Crippen molar-refractivity contribution in [3.63, 3.8) is 0 Å². The molecule has 1 unspecified atom stereocenters. The van der Waals surface area contributed by atoms with Gasteiger partial charge in [-0.25, -0.2) is 0 Å². The Bertz CT molecular complexity index is 988. The van der Waals surface area contributed by atoms with Crippen LogP contribution in [0, 0.1) is 18.3 Å². The average Bonchev–Trinajstić information content (AvgIpc) is 3.03. The van der Waals surface area contributed by atoms with Gasteiger partial charge in [-0.05, 0) is 55.3 Å². The standard InChI is InChI=1S/C21H20ClN3O3S/c1-3-27-18-10-14(5-7-17(18)28-9-8-23)11-19-20(26)25-21(29-19)24-16-12-15(22)6-4-13(16)2/h4-7,10-12,21,24H,3,9H2,1-2H3,(H,25,26)/b19-11-. The highest BCUT2D eigenvalue weighted by Gasteiger charge is 2.27. The molecule has 1 heterocycles. The van der Waals surface area contributed by atoms with Crippen molar-refractivity contribution in [1.29, 1.82) is 5.26 Å². The van der Waals surface area contributed by atoms with Crippen LogP contribution in [-0.4, -0.2) is 24.6 Å². The lowest BCUT2D eigenvalue weighted by Gasteiger charge is -2.15. The summed E-state index contributed by atoms with van der Waals surface area (Å²) in [4.78, 5) is 13.0. The lowest BCUT2D eigenvalue weighted by Crippen LogP contribution is -2.31. The first kappa shape index (κ1) is 20.9. The van der Waals surface area contributed by atoms with E-state index in [4.69, 9.17) is 26.3 Å². The second-order valence-electron chi connectivity index (χ2n) is 6.17. The monoisotopic (exact) mass is 429 g/mol. The van der Waals surface area contributed by atoms with E-state index in [0.717, 1.165) is 16.8 Å². The van der Waals surface area contributed by atoms with Crippen LogP contribution in [0.1, 0.15) is 18.1 Å². The zero-order valence-corrected chi connectivity index (χ0v) is 17.6. The van der Waals surface area contributed by atoms with Crippen LogP contribution in [0.15, 0.2) is 41.3 Å². The van der Waals surface area contributed by atoms with Crippen molar-refractivity contribution in [3.8, 4) is 17.6 Å². The van der Waals surface area contributed by atoms with Gasteiger partial charge in [0.2, 0.25) is 0 Å². The smallest absolute Gasteiger partial charge is 0.260 e. The third-order valence-corrected chi connectivity index (χ3v) is 5.34. The fourth-order valence-electron chi connectivity index (χ4n) is 2.72. The Morgan fingerprint density at radius 3 is 2.86 bits per heavy atom. The molecular formula is C21H20ClN3O3S. The molecule has 2 aromatic rings. The van der Waals surface area contributed by atoms with Crippen LogP contribution in [0.5, 0.6) is 11.5 Å². The number of nitrogens with zero attached hydrogens (tertiary/aromatic N) is 1. The van der Waals surface area contributed by atoms with E-state index in [0.29, 0.717) is 28.0 Å². The minimum atomic E-state index is -0.296. The number of nitrogens with one attached hydrogen (secondary N) is 2. The average molecular weight is 430 g/mol. The number of amides is 1. The number of halogens is 1. The van der Waals surface area contributed by atoms with E-state index in [1.807, 2.05) is 44.2 Å². The Labute approximate surface area is 178 Å². The highest BCUT2D eigenvalue weighted by atomic mass is 35.5. The first-order chi connectivity index (χ1) is 14.0. The van der Waals surface area contributed by atoms with Gasteiger partial charge >= 0.3 is 0 Å². The Morgan fingerprint density at radius 1 is 1.28 bits per heavy atom. The Morgan fingerprint density at radius 2 is 2.10 bits per heavy atom. The van der Waals surface area contributed by atoms with Crippen molar-refractivity contribution in [3.05, 3.63) is 57.5 Å². The maximum atomic E-state index is 12.4. The van der Waals surface area contributed by atoms with Crippen molar-refractivity contribution in [2.24, 2.45) is 0 Å². The summed E-state index contributed by atoms with van der Waals surface area (Å²) < 4.78 is 11.0. The molecule has 0 aromatic heterocycles. The second kappa shape index (κ2) is 9.59. The van der Waals surface area contributed by atoms with Crippen LogP contribution in [0.4, 0.5) is 5.69 Å². The molecule has 29 heavy (non-hydrogen) atoms. The number of hydrogen-bond donors (Lipinski definition) is 2. The molecule has 1 fully saturated rings. The Hall–Kier alpha value is -2.82. The maximum absolute atomic E-state index is 12.4. The topological polar surface area (TPSA) is 83.4 Å². The summed E-state index contributed by atoms with van der Waals surface area (Å²) in [5.74, 6) is 0.870. The van der Waals surface area contributed by atoms with E-state index in [1.54, 1.807) is 18.2 Å². The molecule has 0 radical (unpaired) electrons. The minimum absolute atomic E-state index is 0.0605. The van der Waals surface area contributed by atoms with E-state index in [9.17, 15) is 4.79 Å². The zero-order valence-electron chi connectivity index (χ0n) is 16.0. The van der Waals surface area contributed by atoms with Crippen LogP contribution in [0.3, 0.4) is 0 Å². The summed E-state index contributed by atoms with van der Waals surface area (Å²) in [7, 11) is 0. The second-order valence-corrected chi connectivity index (χ2v) is 7.75. The van der Waals surface area contributed by atoms with Gasteiger partial charge in [-0.1, -0.05) is 35.5 Å². The molecule has 1 aliphatic heterocycles. The largest absolute Gasteiger partial charge is 0.490 e.